The standard InChI is InChI=1S/C13H10Cl3NO/c14-9-4-10(15)6-11(5-9)18-13-2-1-8(7-17)3-12(13)16/h1-6H,7,17H2. The number of hydrogen-bond acceptors (Lipinski definition) is 2. The third-order valence-corrected chi connectivity index (χ3v) is 3.03. The Kier molecular flexibility index (Phi) is 4.36. The van der Waals surface area contributed by atoms with E-state index in [0.717, 1.165) is 5.56 Å². The highest BCUT2D eigenvalue weighted by molar-refractivity contribution is 6.34. The second-order valence-corrected chi connectivity index (χ2v) is 4.96. The smallest absolute Gasteiger partial charge is 0.146 e. The summed E-state index contributed by atoms with van der Waals surface area (Å²) in [4.78, 5) is 0. The number of ether oxygens (including phenoxy) is 1. The Hall–Kier alpha value is -0.930. The Morgan fingerprint density at radius 3 is 2.17 bits per heavy atom. The summed E-state index contributed by atoms with van der Waals surface area (Å²) in [5.41, 5.74) is 6.47. The molecule has 0 atom stereocenters. The zero-order chi connectivity index (χ0) is 13.1. The molecule has 2 aromatic rings. The van der Waals surface area contributed by atoms with Crippen LogP contribution in [-0.2, 0) is 6.54 Å². The van der Waals surface area contributed by atoms with E-state index in [1.165, 1.54) is 0 Å². The average molecular weight is 303 g/mol. The Morgan fingerprint density at radius 2 is 1.61 bits per heavy atom. The molecular weight excluding hydrogens is 293 g/mol. The fourth-order valence-corrected chi connectivity index (χ4v) is 2.22. The first kappa shape index (κ1) is 13.5. The predicted octanol–water partition coefficient (Wildman–Crippen LogP) is 4.90. The molecule has 18 heavy (non-hydrogen) atoms. The molecule has 0 saturated carbocycles. The van der Waals surface area contributed by atoms with Crippen LogP contribution in [0.4, 0.5) is 0 Å². The minimum Gasteiger partial charge on any atom is -0.456 e. The van der Waals surface area contributed by atoms with Gasteiger partial charge in [0, 0.05) is 16.6 Å². The van der Waals surface area contributed by atoms with Crippen LogP contribution in [0.25, 0.3) is 0 Å². The van der Waals surface area contributed by atoms with E-state index in [2.05, 4.69) is 0 Å². The van der Waals surface area contributed by atoms with Gasteiger partial charge < -0.3 is 10.5 Å². The van der Waals surface area contributed by atoms with Crippen LogP contribution < -0.4 is 10.5 Å². The number of halogens is 3. The maximum Gasteiger partial charge on any atom is 0.146 e. The molecule has 0 aliphatic rings. The van der Waals surface area contributed by atoms with E-state index >= 15 is 0 Å². The minimum atomic E-state index is 0.434. The molecule has 5 heteroatoms. The fraction of sp³-hybridized carbons (Fsp3) is 0.0769. The molecule has 2 rings (SSSR count). The lowest BCUT2D eigenvalue weighted by Gasteiger charge is -2.09. The van der Waals surface area contributed by atoms with Gasteiger partial charge in [-0.15, -0.1) is 0 Å². The van der Waals surface area contributed by atoms with Gasteiger partial charge >= 0.3 is 0 Å². The van der Waals surface area contributed by atoms with Crippen LogP contribution >= 0.6 is 34.8 Å². The fourth-order valence-electron chi connectivity index (χ4n) is 1.47. The van der Waals surface area contributed by atoms with E-state index in [0.29, 0.717) is 33.1 Å². The van der Waals surface area contributed by atoms with Crippen molar-refractivity contribution in [3.8, 4) is 11.5 Å². The summed E-state index contributed by atoms with van der Waals surface area (Å²) >= 11 is 17.9. The van der Waals surface area contributed by atoms with Gasteiger partial charge in [0.25, 0.3) is 0 Å². The van der Waals surface area contributed by atoms with Gasteiger partial charge in [0.1, 0.15) is 11.5 Å². The second kappa shape index (κ2) is 5.81. The Labute approximate surface area is 120 Å². The van der Waals surface area contributed by atoms with Crippen molar-refractivity contribution >= 4 is 34.8 Å². The Morgan fingerprint density at radius 1 is 0.944 bits per heavy atom. The van der Waals surface area contributed by atoms with E-state index in [-0.39, 0.29) is 0 Å². The Bertz CT molecular complexity index is 552. The summed E-state index contributed by atoms with van der Waals surface area (Å²) in [6.07, 6.45) is 0. The molecule has 94 valence electrons. The second-order valence-electron chi connectivity index (χ2n) is 3.68. The molecule has 0 aromatic heterocycles. The maximum atomic E-state index is 6.09. The monoisotopic (exact) mass is 301 g/mol. The van der Waals surface area contributed by atoms with Gasteiger partial charge in [-0.1, -0.05) is 40.9 Å². The third kappa shape index (κ3) is 3.30. The number of benzene rings is 2. The van der Waals surface area contributed by atoms with Gasteiger partial charge in [-0.3, -0.25) is 0 Å². The maximum absolute atomic E-state index is 6.09. The zero-order valence-electron chi connectivity index (χ0n) is 9.29. The van der Waals surface area contributed by atoms with Crippen molar-refractivity contribution in [3.63, 3.8) is 0 Å². The van der Waals surface area contributed by atoms with Crippen LogP contribution in [0, 0.1) is 0 Å². The van der Waals surface area contributed by atoms with Crippen molar-refractivity contribution in [2.24, 2.45) is 5.73 Å². The lowest BCUT2D eigenvalue weighted by Crippen LogP contribution is -1.96. The molecule has 0 heterocycles. The zero-order valence-corrected chi connectivity index (χ0v) is 11.6. The van der Waals surface area contributed by atoms with Crippen molar-refractivity contribution in [2.75, 3.05) is 0 Å². The van der Waals surface area contributed by atoms with Gasteiger partial charge in [0.2, 0.25) is 0 Å². The molecule has 0 bridgehead atoms. The lowest BCUT2D eigenvalue weighted by atomic mass is 10.2. The normalized spacial score (nSPS) is 10.4. The van der Waals surface area contributed by atoms with Gasteiger partial charge in [-0.05, 0) is 35.9 Å². The quantitative estimate of drug-likeness (QED) is 0.875. The largest absolute Gasteiger partial charge is 0.456 e. The van der Waals surface area contributed by atoms with Crippen molar-refractivity contribution in [3.05, 3.63) is 57.0 Å². The van der Waals surface area contributed by atoms with Gasteiger partial charge in [0.15, 0.2) is 0 Å². The summed E-state index contributed by atoms with van der Waals surface area (Å²) in [5, 5.41) is 1.51. The first-order valence-electron chi connectivity index (χ1n) is 5.21. The van der Waals surface area contributed by atoms with Crippen molar-refractivity contribution in [2.45, 2.75) is 6.54 Å². The van der Waals surface area contributed by atoms with E-state index < -0.39 is 0 Å². The molecular formula is C13H10Cl3NO. The molecule has 2 N–H and O–H groups in total. The average Bonchev–Trinajstić information content (AvgIpc) is 2.30. The van der Waals surface area contributed by atoms with Crippen LogP contribution in [0.1, 0.15) is 5.56 Å². The van der Waals surface area contributed by atoms with E-state index in [4.69, 9.17) is 45.3 Å². The molecule has 0 unspecified atom stereocenters. The summed E-state index contributed by atoms with van der Waals surface area (Å²) in [5.74, 6) is 1.07. The van der Waals surface area contributed by atoms with Crippen LogP contribution in [0.15, 0.2) is 36.4 Å². The molecule has 2 aromatic carbocycles. The molecule has 0 amide bonds. The van der Waals surface area contributed by atoms with E-state index in [1.54, 1.807) is 30.3 Å². The highest BCUT2D eigenvalue weighted by atomic mass is 35.5. The van der Waals surface area contributed by atoms with Crippen LogP contribution in [0.3, 0.4) is 0 Å². The molecule has 0 saturated heterocycles. The van der Waals surface area contributed by atoms with Gasteiger partial charge in [0.05, 0.1) is 5.02 Å². The van der Waals surface area contributed by atoms with Crippen molar-refractivity contribution < 1.29 is 4.74 Å². The molecule has 0 aliphatic carbocycles. The van der Waals surface area contributed by atoms with Gasteiger partial charge in [-0.2, -0.15) is 0 Å². The lowest BCUT2D eigenvalue weighted by molar-refractivity contribution is 0.483. The topological polar surface area (TPSA) is 35.2 Å². The van der Waals surface area contributed by atoms with Crippen molar-refractivity contribution in [1.82, 2.24) is 0 Å². The minimum absolute atomic E-state index is 0.434. The molecule has 2 nitrogen and oxygen atoms in total. The highest BCUT2D eigenvalue weighted by Gasteiger charge is 2.06. The predicted molar refractivity (Wildman–Crippen MR) is 75.9 cm³/mol. The number of nitrogens with two attached hydrogens (primary N) is 1. The first-order valence-corrected chi connectivity index (χ1v) is 6.34. The molecule has 0 radical (unpaired) electrons. The van der Waals surface area contributed by atoms with Gasteiger partial charge in [-0.25, -0.2) is 0 Å². The van der Waals surface area contributed by atoms with E-state index in [1.807, 2.05) is 6.07 Å². The highest BCUT2D eigenvalue weighted by Crippen LogP contribution is 2.32. The van der Waals surface area contributed by atoms with Crippen molar-refractivity contribution in [1.29, 1.82) is 0 Å². The summed E-state index contributed by atoms with van der Waals surface area (Å²) in [6.45, 7) is 0.434. The first-order chi connectivity index (χ1) is 8.58. The number of rotatable bonds is 3. The summed E-state index contributed by atoms with van der Waals surface area (Å²) in [7, 11) is 0. The summed E-state index contributed by atoms with van der Waals surface area (Å²) < 4.78 is 5.63. The molecule has 0 spiro atoms. The number of hydrogen-bond donors (Lipinski definition) is 1. The van der Waals surface area contributed by atoms with E-state index in [9.17, 15) is 0 Å². The Balaban J connectivity index is 2.28. The summed E-state index contributed by atoms with van der Waals surface area (Å²) in [6, 6.07) is 10.4. The van der Waals surface area contributed by atoms with Crippen LogP contribution in [-0.4, -0.2) is 0 Å². The third-order valence-electron chi connectivity index (χ3n) is 2.30. The molecule has 0 fully saturated rings. The van der Waals surface area contributed by atoms with Crippen LogP contribution in [0.5, 0.6) is 11.5 Å². The SMILES string of the molecule is NCc1ccc(Oc2cc(Cl)cc(Cl)c2)c(Cl)c1. The van der Waals surface area contributed by atoms with Crippen LogP contribution in [0.2, 0.25) is 15.1 Å². The molecule has 0 aliphatic heterocycles.